The molecule has 0 spiro atoms. The minimum Gasteiger partial charge on any atom is -0.481 e. The van der Waals surface area contributed by atoms with Gasteiger partial charge in [-0.1, -0.05) is 6.07 Å². The number of hydrogen-bond donors (Lipinski definition) is 1. The lowest BCUT2D eigenvalue weighted by molar-refractivity contribution is -0.146. The Morgan fingerprint density at radius 3 is 2.58 bits per heavy atom. The van der Waals surface area contributed by atoms with Gasteiger partial charge in [-0.3, -0.25) is 4.79 Å². The van der Waals surface area contributed by atoms with Gasteiger partial charge in [0, 0.05) is 0 Å². The third-order valence-electron chi connectivity index (χ3n) is 3.12. The lowest BCUT2D eigenvalue weighted by Gasteiger charge is -2.19. The van der Waals surface area contributed by atoms with E-state index in [-0.39, 0.29) is 16.2 Å². The number of sulfone groups is 1. The van der Waals surface area contributed by atoms with E-state index in [1.807, 2.05) is 0 Å². The molecule has 6 heteroatoms. The van der Waals surface area contributed by atoms with Crippen molar-refractivity contribution in [2.24, 2.45) is 5.41 Å². The topological polar surface area (TPSA) is 71.4 Å². The number of hydrogen-bond acceptors (Lipinski definition) is 3. The molecular weight excluding hydrogens is 271 g/mol. The number of carboxylic acid groups (broad SMARTS) is 1. The van der Waals surface area contributed by atoms with Crippen molar-refractivity contribution in [3.8, 4) is 0 Å². The second-order valence-corrected chi connectivity index (χ2v) is 7.13. The normalized spacial score (nSPS) is 16.9. The van der Waals surface area contributed by atoms with Crippen molar-refractivity contribution in [3.63, 3.8) is 0 Å². The highest BCUT2D eigenvalue weighted by Crippen LogP contribution is 2.39. The maximum Gasteiger partial charge on any atom is 0.309 e. The summed E-state index contributed by atoms with van der Waals surface area (Å²) in [6.45, 7) is 2.91. The Bertz CT molecular complexity index is 687. The van der Waals surface area contributed by atoms with Crippen LogP contribution in [0.15, 0.2) is 28.0 Å². The predicted octanol–water partition coefficient (Wildman–Crippen LogP) is 2.45. The SMILES string of the molecule is CC(C)(CC1=Cc2ccc(F)cc2S1(=O)=O)C(=O)O. The van der Waals surface area contributed by atoms with E-state index in [0.717, 1.165) is 6.07 Å². The number of aliphatic carboxylic acids is 1. The van der Waals surface area contributed by atoms with Crippen molar-refractivity contribution in [1.29, 1.82) is 0 Å². The molecule has 0 saturated carbocycles. The van der Waals surface area contributed by atoms with Gasteiger partial charge in [-0.05, 0) is 44.0 Å². The van der Waals surface area contributed by atoms with Gasteiger partial charge >= 0.3 is 5.97 Å². The van der Waals surface area contributed by atoms with Gasteiger partial charge in [0.15, 0.2) is 0 Å². The zero-order valence-electron chi connectivity index (χ0n) is 10.5. The van der Waals surface area contributed by atoms with Crippen LogP contribution in [-0.2, 0) is 14.6 Å². The van der Waals surface area contributed by atoms with E-state index in [1.165, 1.54) is 32.1 Å². The first-order chi connectivity index (χ1) is 8.64. The number of halogens is 1. The van der Waals surface area contributed by atoms with Gasteiger partial charge in [0.2, 0.25) is 9.84 Å². The Hall–Kier alpha value is -1.69. The molecule has 19 heavy (non-hydrogen) atoms. The highest BCUT2D eigenvalue weighted by atomic mass is 32.2. The summed E-state index contributed by atoms with van der Waals surface area (Å²) in [5, 5.41) is 9.05. The van der Waals surface area contributed by atoms with Crippen LogP contribution >= 0.6 is 0 Å². The van der Waals surface area contributed by atoms with Crippen LogP contribution in [0.25, 0.3) is 6.08 Å². The van der Waals surface area contributed by atoms with E-state index < -0.39 is 27.0 Å². The smallest absolute Gasteiger partial charge is 0.309 e. The summed E-state index contributed by atoms with van der Waals surface area (Å²) >= 11 is 0. The molecular formula is C13H13FO4S. The van der Waals surface area contributed by atoms with E-state index in [9.17, 15) is 17.6 Å². The largest absolute Gasteiger partial charge is 0.481 e. The molecule has 0 atom stereocenters. The molecule has 0 unspecified atom stereocenters. The van der Waals surface area contributed by atoms with Crippen molar-refractivity contribution in [2.45, 2.75) is 25.2 Å². The number of benzene rings is 1. The van der Waals surface area contributed by atoms with Crippen LogP contribution in [0.2, 0.25) is 0 Å². The molecule has 0 fully saturated rings. The van der Waals surface area contributed by atoms with Crippen molar-refractivity contribution in [2.75, 3.05) is 0 Å². The molecule has 1 aromatic rings. The third kappa shape index (κ3) is 2.28. The van der Waals surface area contributed by atoms with E-state index in [0.29, 0.717) is 5.56 Å². The fourth-order valence-electron chi connectivity index (χ4n) is 1.91. The van der Waals surface area contributed by atoms with Crippen LogP contribution in [0.3, 0.4) is 0 Å². The van der Waals surface area contributed by atoms with Crippen molar-refractivity contribution in [3.05, 3.63) is 34.5 Å². The first kappa shape index (κ1) is 13.7. The molecule has 0 bridgehead atoms. The molecule has 1 aliphatic rings. The second kappa shape index (κ2) is 4.16. The summed E-state index contributed by atoms with van der Waals surface area (Å²) in [6.07, 6.45) is 1.29. The molecule has 2 rings (SSSR count). The molecule has 4 nitrogen and oxygen atoms in total. The van der Waals surface area contributed by atoms with Crippen LogP contribution in [0.5, 0.6) is 0 Å². The number of allylic oxidation sites excluding steroid dienone is 1. The highest BCUT2D eigenvalue weighted by Gasteiger charge is 2.37. The number of fused-ring (bicyclic) bond motifs is 1. The van der Waals surface area contributed by atoms with Gasteiger partial charge in [0.25, 0.3) is 0 Å². The molecule has 0 amide bonds. The minimum absolute atomic E-state index is 0.0144. The molecule has 1 heterocycles. The van der Waals surface area contributed by atoms with Gasteiger partial charge in [0.05, 0.1) is 15.2 Å². The quantitative estimate of drug-likeness (QED) is 0.925. The van der Waals surface area contributed by atoms with Crippen molar-refractivity contribution < 1.29 is 22.7 Å². The predicted molar refractivity (Wildman–Crippen MR) is 67.6 cm³/mol. The molecule has 0 aliphatic carbocycles. The average Bonchev–Trinajstić information content (AvgIpc) is 2.51. The molecule has 0 aromatic heterocycles. The summed E-state index contributed by atoms with van der Waals surface area (Å²) in [5.74, 6) is -1.71. The fraction of sp³-hybridized carbons (Fsp3) is 0.308. The van der Waals surface area contributed by atoms with Gasteiger partial charge in [-0.2, -0.15) is 0 Å². The summed E-state index contributed by atoms with van der Waals surface area (Å²) in [5.41, 5.74) is -0.794. The summed E-state index contributed by atoms with van der Waals surface area (Å²) in [4.78, 5) is 11.0. The number of carboxylic acids is 1. The van der Waals surface area contributed by atoms with Crippen LogP contribution in [0.1, 0.15) is 25.8 Å². The number of carbonyl (C=O) groups is 1. The minimum atomic E-state index is -3.78. The van der Waals surface area contributed by atoms with Gasteiger partial charge in [-0.15, -0.1) is 0 Å². The molecule has 0 radical (unpaired) electrons. The summed E-state index contributed by atoms with van der Waals surface area (Å²) in [6, 6.07) is 3.51. The van der Waals surface area contributed by atoms with Gasteiger partial charge in [-0.25, -0.2) is 12.8 Å². The van der Waals surface area contributed by atoms with Crippen molar-refractivity contribution in [1.82, 2.24) is 0 Å². The lowest BCUT2D eigenvalue weighted by atomic mass is 9.89. The zero-order valence-corrected chi connectivity index (χ0v) is 11.3. The maximum atomic E-state index is 13.1. The summed E-state index contributed by atoms with van der Waals surface area (Å²) in [7, 11) is -3.78. The molecule has 1 N–H and O–H groups in total. The van der Waals surface area contributed by atoms with Crippen molar-refractivity contribution >= 4 is 21.9 Å². The van der Waals surface area contributed by atoms with E-state index in [1.54, 1.807) is 0 Å². The van der Waals surface area contributed by atoms with Crippen LogP contribution in [-0.4, -0.2) is 19.5 Å². The summed E-state index contributed by atoms with van der Waals surface area (Å²) < 4.78 is 37.5. The van der Waals surface area contributed by atoms with Crippen LogP contribution in [0, 0.1) is 11.2 Å². The lowest BCUT2D eigenvalue weighted by Crippen LogP contribution is -2.25. The Morgan fingerprint density at radius 1 is 1.37 bits per heavy atom. The van der Waals surface area contributed by atoms with E-state index in [4.69, 9.17) is 5.11 Å². The zero-order chi connectivity index (χ0) is 14.4. The first-order valence-corrected chi connectivity index (χ1v) is 7.11. The fourth-order valence-corrected chi connectivity index (χ4v) is 3.73. The second-order valence-electron chi connectivity index (χ2n) is 5.16. The highest BCUT2D eigenvalue weighted by molar-refractivity contribution is 7.95. The van der Waals surface area contributed by atoms with Gasteiger partial charge in [0.1, 0.15) is 5.82 Å². The van der Waals surface area contributed by atoms with E-state index in [2.05, 4.69) is 0 Å². The monoisotopic (exact) mass is 284 g/mol. The van der Waals surface area contributed by atoms with E-state index >= 15 is 0 Å². The molecule has 1 aromatic carbocycles. The molecule has 0 saturated heterocycles. The average molecular weight is 284 g/mol. The molecule has 1 aliphatic heterocycles. The molecule has 102 valence electrons. The first-order valence-electron chi connectivity index (χ1n) is 5.63. The Balaban J connectivity index is 2.45. The Kier molecular flexibility index (Phi) is 3.01. The Morgan fingerprint density at radius 2 is 2.00 bits per heavy atom. The van der Waals surface area contributed by atoms with Crippen LogP contribution < -0.4 is 0 Å². The Labute approximate surface area is 110 Å². The standard InChI is InChI=1S/C13H13FO4S/c1-13(2,12(15)16)7-10-5-8-3-4-9(14)6-11(8)19(10,17)18/h3-6H,7H2,1-2H3,(H,15,16). The van der Waals surface area contributed by atoms with Crippen LogP contribution in [0.4, 0.5) is 4.39 Å². The third-order valence-corrected chi connectivity index (χ3v) is 5.01. The van der Waals surface area contributed by atoms with Gasteiger partial charge < -0.3 is 5.11 Å². The number of rotatable bonds is 3. The maximum absolute atomic E-state index is 13.1.